The summed E-state index contributed by atoms with van der Waals surface area (Å²) >= 11 is 0. The molecule has 110 valence electrons. The number of para-hydroxylation sites is 1. The summed E-state index contributed by atoms with van der Waals surface area (Å²) in [4.78, 5) is 9.22. The van der Waals surface area contributed by atoms with Crippen LogP contribution in [0.15, 0.2) is 30.3 Å². The fraction of sp³-hybridized carbons (Fsp3) is 0.412. The van der Waals surface area contributed by atoms with Gasteiger partial charge in [-0.3, -0.25) is 0 Å². The third-order valence-corrected chi connectivity index (χ3v) is 3.70. The molecule has 2 heterocycles. The average Bonchev–Trinajstić information content (AvgIpc) is 2.45. The zero-order valence-electron chi connectivity index (χ0n) is 12.5. The van der Waals surface area contributed by atoms with E-state index in [4.69, 9.17) is 15.5 Å². The Morgan fingerprint density at radius 3 is 2.90 bits per heavy atom. The van der Waals surface area contributed by atoms with Gasteiger partial charge in [-0.15, -0.1) is 0 Å². The molecule has 0 saturated heterocycles. The molecule has 1 aliphatic rings. The van der Waals surface area contributed by atoms with Gasteiger partial charge in [-0.2, -0.15) is 0 Å². The molecule has 4 heteroatoms. The van der Waals surface area contributed by atoms with E-state index < -0.39 is 0 Å². The molecule has 0 bridgehead atoms. The summed E-state index contributed by atoms with van der Waals surface area (Å²) in [5.74, 6) is 3.03. The number of hydrogen-bond donors (Lipinski definition) is 1. The van der Waals surface area contributed by atoms with E-state index in [0.717, 1.165) is 35.7 Å². The van der Waals surface area contributed by atoms with Gasteiger partial charge in [0.2, 0.25) is 0 Å². The van der Waals surface area contributed by atoms with E-state index in [-0.39, 0.29) is 5.92 Å². The minimum atomic E-state index is 0.171. The number of ether oxygens (including phenoxy) is 1. The van der Waals surface area contributed by atoms with Gasteiger partial charge in [0.15, 0.2) is 0 Å². The van der Waals surface area contributed by atoms with E-state index in [1.807, 2.05) is 24.3 Å². The lowest BCUT2D eigenvalue weighted by Gasteiger charge is -2.25. The van der Waals surface area contributed by atoms with Crippen LogP contribution in [0.2, 0.25) is 0 Å². The lowest BCUT2D eigenvalue weighted by atomic mass is 9.92. The van der Waals surface area contributed by atoms with Crippen LogP contribution in [0, 0.1) is 5.92 Å². The number of aromatic nitrogens is 2. The van der Waals surface area contributed by atoms with Crippen molar-refractivity contribution in [3.63, 3.8) is 0 Å². The number of benzene rings is 1. The Bertz CT molecular complexity index is 640. The standard InChI is InChI=1S/C17H21N3O/c1-11(2)9-12-10-16(18)20-17(19-12)14-7-8-21-15-6-4-3-5-13(14)15/h3-6,10-11,14H,7-9H2,1-2H3,(H2,18,19,20). The highest BCUT2D eigenvalue weighted by molar-refractivity contribution is 5.42. The Labute approximate surface area is 125 Å². The van der Waals surface area contributed by atoms with Crippen molar-refractivity contribution >= 4 is 5.82 Å². The summed E-state index contributed by atoms with van der Waals surface area (Å²) in [6.07, 6.45) is 1.81. The number of hydrogen-bond acceptors (Lipinski definition) is 4. The van der Waals surface area contributed by atoms with Crippen LogP contribution in [0.3, 0.4) is 0 Å². The lowest BCUT2D eigenvalue weighted by molar-refractivity contribution is 0.274. The van der Waals surface area contributed by atoms with Gasteiger partial charge in [0.1, 0.15) is 17.4 Å². The first-order chi connectivity index (χ1) is 10.1. The summed E-state index contributed by atoms with van der Waals surface area (Å²) in [5.41, 5.74) is 8.16. The lowest BCUT2D eigenvalue weighted by Crippen LogP contribution is -2.18. The number of nitrogens with zero attached hydrogens (tertiary/aromatic N) is 2. The van der Waals surface area contributed by atoms with E-state index >= 15 is 0 Å². The second kappa shape index (κ2) is 5.72. The Kier molecular flexibility index (Phi) is 3.78. The minimum Gasteiger partial charge on any atom is -0.493 e. The zero-order chi connectivity index (χ0) is 14.8. The van der Waals surface area contributed by atoms with Gasteiger partial charge in [-0.05, 0) is 24.8 Å². The first-order valence-electron chi connectivity index (χ1n) is 7.48. The molecule has 0 spiro atoms. The molecule has 0 saturated carbocycles. The highest BCUT2D eigenvalue weighted by Crippen LogP contribution is 2.36. The van der Waals surface area contributed by atoms with Crippen molar-refractivity contribution in [3.05, 3.63) is 47.4 Å². The van der Waals surface area contributed by atoms with Crippen LogP contribution >= 0.6 is 0 Å². The molecule has 0 aliphatic carbocycles. The molecule has 1 aromatic heterocycles. The molecule has 1 unspecified atom stereocenters. The summed E-state index contributed by atoms with van der Waals surface area (Å²) in [6.45, 7) is 5.06. The number of fused-ring (bicyclic) bond motifs is 1. The van der Waals surface area contributed by atoms with Crippen LogP contribution in [-0.2, 0) is 6.42 Å². The van der Waals surface area contributed by atoms with E-state index in [0.29, 0.717) is 18.3 Å². The van der Waals surface area contributed by atoms with Crippen LogP contribution in [-0.4, -0.2) is 16.6 Å². The molecule has 0 fully saturated rings. The Balaban J connectivity index is 1.99. The molecule has 2 N–H and O–H groups in total. The normalized spacial score (nSPS) is 17.4. The predicted molar refractivity (Wildman–Crippen MR) is 83.4 cm³/mol. The van der Waals surface area contributed by atoms with Gasteiger partial charge in [0, 0.05) is 17.3 Å². The molecule has 2 aromatic rings. The van der Waals surface area contributed by atoms with Crippen LogP contribution in [0.1, 0.15) is 43.3 Å². The highest BCUT2D eigenvalue weighted by atomic mass is 16.5. The average molecular weight is 283 g/mol. The maximum Gasteiger partial charge on any atom is 0.138 e. The molecular formula is C17H21N3O. The molecule has 1 atom stereocenters. The molecule has 21 heavy (non-hydrogen) atoms. The fourth-order valence-corrected chi connectivity index (χ4v) is 2.83. The number of anilines is 1. The molecule has 4 nitrogen and oxygen atoms in total. The van der Waals surface area contributed by atoms with E-state index in [2.05, 4.69) is 24.9 Å². The third kappa shape index (κ3) is 2.99. The quantitative estimate of drug-likeness (QED) is 0.940. The van der Waals surface area contributed by atoms with Crippen molar-refractivity contribution in [2.24, 2.45) is 5.92 Å². The molecular weight excluding hydrogens is 262 g/mol. The first kappa shape index (κ1) is 13.9. The van der Waals surface area contributed by atoms with E-state index in [1.54, 1.807) is 0 Å². The van der Waals surface area contributed by atoms with Gasteiger partial charge < -0.3 is 10.5 Å². The van der Waals surface area contributed by atoms with Crippen molar-refractivity contribution in [1.82, 2.24) is 9.97 Å². The number of nitrogens with two attached hydrogens (primary N) is 1. The maximum absolute atomic E-state index is 5.98. The maximum atomic E-state index is 5.98. The largest absolute Gasteiger partial charge is 0.493 e. The van der Waals surface area contributed by atoms with Gasteiger partial charge in [0.25, 0.3) is 0 Å². The zero-order valence-corrected chi connectivity index (χ0v) is 12.5. The van der Waals surface area contributed by atoms with Crippen LogP contribution in [0.4, 0.5) is 5.82 Å². The Hall–Kier alpha value is -2.10. The second-order valence-corrected chi connectivity index (χ2v) is 5.97. The Morgan fingerprint density at radius 1 is 1.29 bits per heavy atom. The van der Waals surface area contributed by atoms with E-state index in [9.17, 15) is 0 Å². The molecule has 0 amide bonds. The fourth-order valence-electron chi connectivity index (χ4n) is 2.83. The third-order valence-electron chi connectivity index (χ3n) is 3.70. The molecule has 0 radical (unpaired) electrons. The summed E-state index contributed by atoms with van der Waals surface area (Å²) in [7, 11) is 0. The van der Waals surface area contributed by atoms with Crippen molar-refractivity contribution in [3.8, 4) is 5.75 Å². The second-order valence-electron chi connectivity index (χ2n) is 5.97. The smallest absolute Gasteiger partial charge is 0.138 e. The predicted octanol–water partition coefficient (Wildman–Crippen LogP) is 3.17. The highest BCUT2D eigenvalue weighted by Gasteiger charge is 2.25. The van der Waals surface area contributed by atoms with E-state index in [1.165, 1.54) is 0 Å². The molecule has 1 aliphatic heterocycles. The summed E-state index contributed by atoms with van der Waals surface area (Å²) in [5, 5.41) is 0. The van der Waals surface area contributed by atoms with Crippen LogP contribution in [0.5, 0.6) is 5.75 Å². The minimum absolute atomic E-state index is 0.171. The van der Waals surface area contributed by atoms with Gasteiger partial charge in [-0.25, -0.2) is 9.97 Å². The van der Waals surface area contributed by atoms with Crippen LogP contribution in [0.25, 0.3) is 0 Å². The van der Waals surface area contributed by atoms with Crippen molar-refractivity contribution < 1.29 is 4.74 Å². The summed E-state index contributed by atoms with van der Waals surface area (Å²) < 4.78 is 5.71. The molecule has 3 rings (SSSR count). The van der Waals surface area contributed by atoms with Crippen molar-refractivity contribution in [2.75, 3.05) is 12.3 Å². The van der Waals surface area contributed by atoms with Crippen molar-refractivity contribution in [1.29, 1.82) is 0 Å². The van der Waals surface area contributed by atoms with Crippen molar-refractivity contribution in [2.45, 2.75) is 32.6 Å². The number of rotatable bonds is 3. The van der Waals surface area contributed by atoms with Crippen LogP contribution < -0.4 is 10.5 Å². The first-order valence-corrected chi connectivity index (χ1v) is 7.48. The summed E-state index contributed by atoms with van der Waals surface area (Å²) in [6, 6.07) is 10.00. The van der Waals surface area contributed by atoms with Gasteiger partial charge in [0.05, 0.1) is 12.5 Å². The van der Waals surface area contributed by atoms with Gasteiger partial charge in [-0.1, -0.05) is 32.0 Å². The monoisotopic (exact) mass is 283 g/mol. The topological polar surface area (TPSA) is 61.0 Å². The Morgan fingerprint density at radius 2 is 2.10 bits per heavy atom. The number of nitrogen functional groups attached to an aromatic ring is 1. The van der Waals surface area contributed by atoms with Gasteiger partial charge >= 0.3 is 0 Å². The SMILES string of the molecule is CC(C)Cc1cc(N)nc(C2CCOc3ccccc32)n1. The molecule has 1 aromatic carbocycles.